The van der Waals surface area contributed by atoms with Crippen molar-refractivity contribution in [3.05, 3.63) is 70.6 Å². The SMILES string of the molecule is CN=CC(=CN)C1=CNC2=CC=C(NC(=N)C=C(C=N)C(C)(C)O)NC2=C1. The highest BCUT2D eigenvalue weighted by Gasteiger charge is 2.19. The number of allylic oxidation sites excluding steroid dienone is 5. The predicted molar refractivity (Wildman–Crippen MR) is 109 cm³/mol. The number of aliphatic hydroxyl groups is 1. The molecule has 27 heavy (non-hydrogen) atoms. The van der Waals surface area contributed by atoms with E-state index in [1.54, 1.807) is 33.2 Å². The number of hydrogen-bond donors (Lipinski definition) is 7. The molecule has 2 heterocycles. The number of dihydropyridines is 2. The highest BCUT2D eigenvalue weighted by atomic mass is 16.3. The first-order valence-corrected chi connectivity index (χ1v) is 8.31. The van der Waals surface area contributed by atoms with Crippen molar-refractivity contribution in [1.82, 2.24) is 16.0 Å². The van der Waals surface area contributed by atoms with Crippen LogP contribution < -0.4 is 21.7 Å². The molecule has 142 valence electrons. The first kappa shape index (κ1) is 19.9. The van der Waals surface area contributed by atoms with E-state index < -0.39 is 5.60 Å². The van der Waals surface area contributed by atoms with Crippen molar-refractivity contribution in [3.8, 4) is 0 Å². The number of amidine groups is 1. The van der Waals surface area contributed by atoms with Gasteiger partial charge in [-0.2, -0.15) is 0 Å². The Morgan fingerprint density at radius 3 is 2.67 bits per heavy atom. The lowest BCUT2D eigenvalue weighted by Crippen LogP contribution is -2.35. The average molecular weight is 367 g/mol. The van der Waals surface area contributed by atoms with Gasteiger partial charge in [-0.25, -0.2) is 0 Å². The molecule has 0 amide bonds. The van der Waals surface area contributed by atoms with Crippen molar-refractivity contribution in [3.63, 3.8) is 0 Å². The van der Waals surface area contributed by atoms with Crippen LogP contribution in [-0.2, 0) is 0 Å². The number of nitrogens with one attached hydrogen (secondary N) is 5. The van der Waals surface area contributed by atoms with Gasteiger partial charge in [-0.15, -0.1) is 0 Å². The molecule has 0 unspecified atom stereocenters. The third-order valence-corrected chi connectivity index (χ3v) is 3.87. The smallest absolute Gasteiger partial charge is 0.123 e. The maximum Gasteiger partial charge on any atom is 0.123 e. The molecule has 0 fully saturated rings. The quantitative estimate of drug-likeness (QED) is 0.278. The number of hydrogen-bond acceptors (Lipinski definition) is 7. The minimum atomic E-state index is -1.20. The van der Waals surface area contributed by atoms with Gasteiger partial charge in [0.2, 0.25) is 0 Å². The second-order valence-electron chi connectivity index (χ2n) is 6.44. The topological polar surface area (TPSA) is 142 Å². The van der Waals surface area contributed by atoms with Crippen LogP contribution in [0.15, 0.2) is 75.6 Å². The monoisotopic (exact) mass is 367 g/mol. The molecule has 0 radical (unpaired) electrons. The van der Waals surface area contributed by atoms with Gasteiger partial charge in [0.05, 0.1) is 17.0 Å². The summed E-state index contributed by atoms with van der Waals surface area (Å²) < 4.78 is 0. The van der Waals surface area contributed by atoms with E-state index in [2.05, 4.69) is 20.9 Å². The summed E-state index contributed by atoms with van der Waals surface area (Å²) in [7, 11) is 1.68. The normalized spacial score (nSPS) is 17.6. The third-order valence-electron chi connectivity index (χ3n) is 3.87. The fourth-order valence-corrected chi connectivity index (χ4v) is 2.43. The van der Waals surface area contributed by atoms with E-state index in [9.17, 15) is 5.11 Å². The number of aliphatic imine (C=N–C) groups is 1. The van der Waals surface area contributed by atoms with Crippen molar-refractivity contribution >= 4 is 18.3 Å². The highest BCUT2D eigenvalue weighted by Crippen LogP contribution is 2.21. The van der Waals surface area contributed by atoms with Crippen LogP contribution in [0.1, 0.15) is 13.8 Å². The molecule has 0 aromatic heterocycles. The molecule has 0 saturated carbocycles. The van der Waals surface area contributed by atoms with E-state index in [-0.39, 0.29) is 5.84 Å². The van der Waals surface area contributed by atoms with Crippen LogP contribution in [0.25, 0.3) is 0 Å². The Labute approximate surface area is 158 Å². The second kappa shape index (κ2) is 8.33. The Morgan fingerprint density at radius 1 is 1.33 bits per heavy atom. The molecule has 8 nitrogen and oxygen atoms in total. The zero-order valence-electron chi connectivity index (χ0n) is 15.6. The third kappa shape index (κ3) is 5.05. The summed E-state index contributed by atoms with van der Waals surface area (Å²) in [4.78, 5) is 3.99. The number of nitrogens with two attached hydrogens (primary N) is 1. The van der Waals surface area contributed by atoms with Crippen LogP contribution in [0.4, 0.5) is 0 Å². The van der Waals surface area contributed by atoms with Crippen molar-refractivity contribution < 1.29 is 5.11 Å². The van der Waals surface area contributed by atoms with E-state index in [0.29, 0.717) is 11.4 Å². The maximum atomic E-state index is 10.0. The summed E-state index contributed by atoms with van der Waals surface area (Å²) in [6.45, 7) is 3.14. The maximum absolute atomic E-state index is 10.0. The van der Waals surface area contributed by atoms with E-state index >= 15 is 0 Å². The zero-order chi connectivity index (χ0) is 20.0. The molecule has 8 heteroatoms. The Balaban J connectivity index is 2.15. The van der Waals surface area contributed by atoms with Gasteiger partial charge < -0.3 is 32.2 Å². The lowest BCUT2D eigenvalue weighted by molar-refractivity contribution is 0.127. The highest BCUT2D eigenvalue weighted by molar-refractivity contribution is 5.97. The number of fused-ring (bicyclic) bond motifs is 1. The molecular weight excluding hydrogens is 342 g/mol. The number of rotatable bonds is 6. The van der Waals surface area contributed by atoms with E-state index in [4.69, 9.17) is 16.6 Å². The van der Waals surface area contributed by atoms with Crippen LogP contribution in [0.5, 0.6) is 0 Å². The minimum absolute atomic E-state index is 0.0482. The van der Waals surface area contributed by atoms with Gasteiger partial charge in [0.25, 0.3) is 0 Å². The van der Waals surface area contributed by atoms with Crippen molar-refractivity contribution in [2.75, 3.05) is 7.05 Å². The zero-order valence-corrected chi connectivity index (χ0v) is 15.6. The van der Waals surface area contributed by atoms with Crippen LogP contribution in [0.2, 0.25) is 0 Å². The second-order valence-corrected chi connectivity index (χ2v) is 6.44. The van der Waals surface area contributed by atoms with Gasteiger partial charge in [0, 0.05) is 48.6 Å². The predicted octanol–water partition coefficient (Wildman–Crippen LogP) is 1.14. The molecule has 0 saturated heterocycles. The van der Waals surface area contributed by atoms with Gasteiger partial charge in [0.15, 0.2) is 0 Å². The van der Waals surface area contributed by atoms with Gasteiger partial charge in [-0.1, -0.05) is 0 Å². The van der Waals surface area contributed by atoms with Gasteiger partial charge in [0.1, 0.15) is 11.7 Å². The van der Waals surface area contributed by atoms with Crippen molar-refractivity contribution in [2.24, 2.45) is 10.7 Å². The summed E-state index contributed by atoms with van der Waals surface area (Å²) in [6, 6.07) is 0. The Kier molecular flexibility index (Phi) is 6.15. The summed E-state index contributed by atoms with van der Waals surface area (Å²) in [5, 5.41) is 34.8. The van der Waals surface area contributed by atoms with Crippen LogP contribution in [0.3, 0.4) is 0 Å². The Hall–Kier alpha value is -3.39. The van der Waals surface area contributed by atoms with Crippen molar-refractivity contribution in [2.45, 2.75) is 19.4 Å². The molecule has 2 rings (SSSR count). The Morgan fingerprint density at radius 2 is 2.07 bits per heavy atom. The standard InChI is InChI=1S/C19H25N7O/c1-19(2,27)14(9-21)7-17(22)26-18-5-4-15-16(25-18)6-12(11-24-15)13(8-20)10-23-3/h4-11,21,24-25,27H,20H2,1-3H3,(H2,22,26). The fourth-order valence-electron chi connectivity index (χ4n) is 2.43. The first-order chi connectivity index (χ1) is 12.8. The van der Waals surface area contributed by atoms with E-state index in [1.807, 2.05) is 18.4 Å². The molecule has 0 spiro atoms. The summed E-state index contributed by atoms with van der Waals surface area (Å²) in [5.74, 6) is 0.642. The van der Waals surface area contributed by atoms with Gasteiger partial charge in [-0.3, -0.25) is 10.4 Å². The van der Waals surface area contributed by atoms with Gasteiger partial charge in [-0.05, 0) is 38.2 Å². The average Bonchev–Trinajstić information content (AvgIpc) is 2.62. The lowest BCUT2D eigenvalue weighted by Gasteiger charge is -2.25. The largest absolute Gasteiger partial charge is 0.404 e. The van der Waals surface area contributed by atoms with Gasteiger partial charge >= 0.3 is 0 Å². The number of nitrogens with zero attached hydrogens (tertiary/aromatic N) is 1. The molecule has 0 aromatic rings. The molecule has 0 aliphatic carbocycles. The molecular formula is C19H25N7O. The van der Waals surface area contributed by atoms with Crippen molar-refractivity contribution in [1.29, 1.82) is 10.8 Å². The minimum Gasteiger partial charge on any atom is -0.404 e. The summed E-state index contributed by atoms with van der Waals surface area (Å²) >= 11 is 0. The van der Waals surface area contributed by atoms with Crippen LogP contribution in [-0.4, -0.2) is 36.0 Å². The first-order valence-electron chi connectivity index (χ1n) is 8.31. The van der Waals surface area contributed by atoms with E-state index in [1.165, 1.54) is 12.3 Å². The fraction of sp³-hybridized carbons (Fsp3) is 0.211. The summed E-state index contributed by atoms with van der Waals surface area (Å²) in [5.41, 5.74) is 8.13. The van der Waals surface area contributed by atoms with E-state index in [0.717, 1.165) is 28.8 Å². The molecule has 8 N–H and O–H groups in total. The molecule has 0 atom stereocenters. The summed E-state index contributed by atoms with van der Waals surface area (Å²) in [6.07, 6.45) is 13.1. The molecule has 2 aliphatic rings. The van der Waals surface area contributed by atoms with Crippen LogP contribution in [0, 0.1) is 10.8 Å². The molecule has 0 aromatic carbocycles. The lowest BCUT2D eigenvalue weighted by atomic mass is 9.98. The van der Waals surface area contributed by atoms with Crippen LogP contribution >= 0.6 is 0 Å². The molecule has 0 bridgehead atoms. The Bertz CT molecular complexity index is 846. The molecule has 2 aliphatic heterocycles.